The van der Waals surface area contributed by atoms with Crippen molar-refractivity contribution in [1.29, 1.82) is 0 Å². The predicted octanol–water partition coefficient (Wildman–Crippen LogP) is 3.94. The number of rotatable bonds is 5. The number of hydrogen-bond acceptors (Lipinski definition) is 5. The summed E-state index contributed by atoms with van der Waals surface area (Å²) >= 11 is 0. The standard InChI is InChI=1S/C23H25F2N3O4/c1-22(2)17-10-14(19(29)27-23(3)6-8-31-9-7-23)4-5-18(17)28(20(22)30)15-11-16(13-26-12-15)32-21(24)25/h4-5,10-13,21H,6-9H2,1-3H3,(H,27,29). The van der Waals surface area contributed by atoms with Gasteiger partial charge in [-0.15, -0.1) is 0 Å². The summed E-state index contributed by atoms with van der Waals surface area (Å²) in [6.07, 6.45) is 4.03. The van der Waals surface area contributed by atoms with Gasteiger partial charge in [0.05, 0.1) is 29.2 Å². The maximum Gasteiger partial charge on any atom is 0.387 e. The number of anilines is 2. The van der Waals surface area contributed by atoms with Crippen molar-refractivity contribution in [2.45, 2.75) is 51.2 Å². The molecule has 7 nitrogen and oxygen atoms in total. The summed E-state index contributed by atoms with van der Waals surface area (Å²) in [6.45, 7) is 3.73. The van der Waals surface area contributed by atoms with E-state index in [1.54, 1.807) is 32.0 Å². The lowest BCUT2D eigenvalue weighted by Crippen LogP contribution is -2.49. The molecule has 32 heavy (non-hydrogen) atoms. The van der Waals surface area contributed by atoms with Crippen molar-refractivity contribution in [3.8, 4) is 5.75 Å². The molecule has 2 amide bonds. The van der Waals surface area contributed by atoms with Gasteiger partial charge in [-0.3, -0.25) is 19.5 Å². The first kappa shape index (κ1) is 22.1. The average Bonchev–Trinajstić information content (AvgIpc) is 2.93. The zero-order valence-electron chi connectivity index (χ0n) is 18.2. The molecule has 2 aromatic rings. The summed E-state index contributed by atoms with van der Waals surface area (Å²) in [5, 5.41) is 3.09. The normalized spacial score (nSPS) is 19.1. The number of carbonyl (C=O) groups excluding carboxylic acids is 2. The quantitative estimate of drug-likeness (QED) is 0.754. The topological polar surface area (TPSA) is 80.8 Å². The van der Waals surface area contributed by atoms with Crippen LogP contribution < -0.4 is 15.0 Å². The Labute approximate surface area is 184 Å². The fraction of sp³-hybridized carbons (Fsp3) is 0.435. The summed E-state index contributed by atoms with van der Waals surface area (Å²) in [4.78, 5) is 31.6. The van der Waals surface area contributed by atoms with Gasteiger partial charge in [0.2, 0.25) is 5.91 Å². The second kappa shape index (κ2) is 8.12. The van der Waals surface area contributed by atoms with Crippen LogP contribution in [-0.4, -0.2) is 42.2 Å². The molecule has 0 spiro atoms. The first-order chi connectivity index (χ1) is 15.1. The number of nitrogens with zero attached hydrogens (tertiary/aromatic N) is 2. The Morgan fingerprint density at radius 1 is 1.19 bits per heavy atom. The molecule has 0 aliphatic carbocycles. The Bertz CT molecular complexity index is 1050. The van der Waals surface area contributed by atoms with Crippen molar-refractivity contribution in [2.75, 3.05) is 18.1 Å². The van der Waals surface area contributed by atoms with E-state index in [-0.39, 0.29) is 23.1 Å². The number of alkyl halides is 2. The van der Waals surface area contributed by atoms with Gasteiger partial charge in [0.15, 0.2) is 0 Å². The Morgan fingerprint density at radius 3 is 2.59 bits per heavy atom. The first-order valence-electron chi connectivity index (χ1n) is 10.4. The molecular weight excluding hydrogens is 420 g/mol. The number of hydrogen-bond donors (Lipinski definition) is 1. The van der Waals surface area contributed by atoms with Gasteiger partial charge in [-0.1, -0.05) is 0 Å². The van der Waals surface area contributed by atoms with E-state index in [1.165, 1.54) is 17.2 Å². The molecule has 4 rings (SSSR count). The van der Waals surface area contributed by atoms with Gasteiger partial charge in [0, 0.05) is 30.4 Å². The van der Waals surface area contributed by atoms with Crippen molar-refractivity contribution in [1.82, 2.24) is 10.3 Å². The number of ether oxygens (including phenoxy) is 2. The lowest BCUT2D eigenvalue weighted by molar-refractivity contribution is -0.121. The average molecular weight is 445 g/mol. The van der Waals surface area contributed by atoms with Crippen LogP contribution in [0.2, 0.25) is 0 Å². The van der Waals surface area contributed by atoms with E-state index in [2.05, 4.69) is 15.0 Å². The van der Waals surface area contributed by atoms with Crippen molar-refractivity contribution >= 4 is 23.2 Å². The summed E-state index contributed by atoms with van der Waals surface area (Å²) < 4.78 is 35.0. The lowest BCUT2D eigenvalue weighted by Gasteiger charge is -2.34. The number of nitrogens with one attached hydrogen (secondary N) is 1. The molecule has 1 aromatic carbocycles. The van der Waals surface area contributed by atoms with Gasteiger partial charge in [-0.25, -0.2) is 0 Å². The second-order valence-corrected chi connectivity index (χ2v) is 8.88. The van der Waals surface area contributed by atoms with E-state index in [0.717, 1.165) is 19.0 Å². The van der Waals surface area contributed by atoms with Crippen molar-refractivity contribution in [3.05, 3.63) is 47.8 Å². The SMILES string of the molecule is CC1(NC(=O)c2ccc3c(c2)C(C)(C)C(=O)N3c2cncc(OC(F)F)c2)CCOCC1. The van der Waals surface area contributed by atoms with Crippen LogP contribution in [0, 0.1) is 0 Å². The molecule has 0 atom stereocenters. The van der Waals surface area contributed by atoms with Crippen LogP contribution in [0.15, 0.2) is 36.7 Å². The number of aromatic nitrogens is 1. The Balaban J connectivity index is 1.66. The molecule has 1 fully saturated rings. The van der Waals surface area contributed by atoms with Crippen LogP contribution in [-0.2, 0) is 14.9 Å². The fourth-order valence-electron chi connectivity index (χ4n) is 4.12. The lowest BCUT2D eigenvalue weighted by atomic mass is 9.85. The van der Waals surface area contributed by atoms with E-state index >= 15 is 0 Å². The third-order valence-corrected chi connectivity index (χ3v) is 6.10. The highest BCUT2D eigenvalue weighted by atomic mass is 19.3. The minimum absolute atomic E-state index is 0.141. The minimum atomic E-state index is -3.00. The molecule has 0 bridgehead atoms. The van der Waals surface area contributed by atoms with E-state index in [1.807, 2.05) is 6.92 Å². The van der Waals surface area contributed by atoms with Gasteiger partial charge in [0.25, 0.3) is 5.91 Å². The molecule has 3 heterocycles. The molecule has 2 aliphatic heterocycles. The minimum Gasteiger partial charge on any atom is -0.433 e. The molecule has 9 heteroatoms. The van der Waals surface area contributed by atoms with Gasteiger partial charge < -0.3 is 14.8 Å². The van der Waals surface area contributed by atoms with Crippen molar-refractivity contribution < 1.29 is 27.8 Å². The molecule has 0 saturated carbocycles. The number of halogens is 2. The highest BCUT2D eigenvalue weighted by Gasteiger charge is 2.45. The molecule has 2 aliphatic rings. The molecule has 1 aromatic heterocycles. The van der Waals surface area contributed by atoms with E-state index in [4.69, 9.17) is 4.74 Å². The zero-order valence-corrected chi connectivity index (χ0v) is 18.2. The number of benzene rings is 1. The van der Waals surface area contributed by atoms with Crippen molar-refractivity contribution in [2.24, 2.45) is 0 Å². The zero-order chi connectivity index (χ0) is 23.1. The largest absolute Gasteiger partial charge is 0.433 e. The molecular formula is C23H25F2N3O4. The summed E-state index contributed by atoms with van der Waals surface area (Å²) in [6, 6.07) is 6.42. The van der Waals surface area contributed by atoms with Crippen LogP contribution in [0.5, 0.6) is 5.75 Å². The van der Waals surface area contributed by atoms with E-state index in [9.17, 15) is 18.4 Å². The van der Waals surface area contributed by atoms with Gasteiger partial charge in [0.1, 0.15) is 5.75 Å². The van der Waals surface area contributed by atoms with Gasteiger partial charge >= 0.3 is 6.61 Å². The fourth-order valence-corrected chi connectivity index (χ4v) is 4.12. The summed E-state index contributed by atoms with van der Waals surface area (Å²) in [5.74, 6) is -0.609. The maximum absolute atomic E-state index is 13.3. The molecule has 0 radical (unpaired) electrons. The summed E-state index contributed by atoms with van der Waals surface area (Å²) in [7, 11) is 0. The number of fused-ring (bicyclic) bond motifs is 1. The Morgan fingerprint density at radius 2 is 1.91 bits per heavy atom. The van der Waals surface area contributed by atoms with E-state index in [0.29, 0.717) is 35.7 Å². The molecule has 0 unspecified atom stereocenters. The summed E-state index contributed by atoms with van der Waals surface area (Å²) in [5.41, 5.74) is 0.743. The second-order valence-electron chi connectivity index (χ2n) is 8.88. The van der Waals surface area contributed by atoms with Crippen molar-refractivity contribution in [3.63, 3.8) is 0 Å². The van der Waals surface area contributed by atoms with Gasteiger partial charge in [-0.05, 0) is 57.4 Å². The van der Waals surface area contributed by atoms with E-state index < -0.39 is 12.0 Å². The Kier molecular flexibility index (Phi) is 5.62. The van der Waals surface area contributed by atoms with Crippen LogP contribution in [0.1, 0.15) is 49.5 Å². The van der Waals surface area contributed by atoms with Crippen LogP contribution >= 0.6 is 0 Å². The maximum atomic E-state index is 13.3. The third kappa shape index (κ3) is 4.04. The number of carbonyl (C=O) groups is 2. The first-order valence-corrected chi connectivity index (χ1v) is 10.4. The van der Waals surface area contributed by atoms with Gasteiger partial charge in [-0.2, -0.15) is 8.78 Å². The van der Waals surface area contributed by atoms with Crippen LogP contribution in [0.25, 0.3) is 0 Å². The number of pyridine rings is 1. The highest BCUT2D eigenvalue weighted by Crippen LogP contribution is 2.46. The highest BCUT2D eigenvalue weighted by molar-refractivity contribution is 6.13. The smallest absolute Gasteiger partial charge is 0.387 e. The third-order valence-electron chi connectivity index (χ3n) is 6.10. The predicted molar refractivity (Wildman–Crippen MR) is 113 cm³/mol. The molecule has 1 N–H and O–H groups in total. The number of amides is 2. The molecule has 170 valence electrons. The molecule has 1 saturated heterocycles. The monoisotopic (exact) mass is 445 g/mol. The Hall–Kier alpha value is -3.07. The van der Waals surface area contributed by atoms with Crippen LogP contribution in [0.4, 0.5) is 20.2 Å². The van der Waals surface area contributed by atoms with Crippen LogP contribution in [0.3, 0.4) is 0 Å².